The number of hydrogen-bond donors (Lipinski definition) is 1. The predicted molar refractivity (Wildman–Crippen MR) is 68.0 cm³/mol. The maximum atomic E-state index is 4.23. The zero-order valence-electron chi connectivity index (χ0n) is 8.13. The number of nitrogens with zero attached hydrogens (tertiary/aromatic N) is 1. The zero-order chi connectivity index (χ0) is 10.4. The molecule has 1 aromatic heterocycles. The first-order valence-electron chi connectivity index (χ1n) is 4.72. The lowest BCUT2D eigenvalue weighted by Gasteiger charge is -2.09. The monoisotopic (exact) mass is 320 g/mol. The fourth-order valence-corrected chi connectivity index (χ4v) is 1.69. The van der Waals surface area contributed by atoms with Crippen molar-refractivity contribution < 1.29 is 0 Å². The normalized spacial score (nSPS) is 12.5. The Morgan fingerprint density at radius 2 is 2.36 bits per heavy atom. The molecule has 4 heteroatoms. The minimum Gasteiger partial charge on any atom is -0.369 e. The van der Waals surface area contributed by atoms with Crippen molar-refractivity contribution in [2.24, 2.45) is 0 Å². The van der Waals surface area contributed by atoms with Crippen LogP contribution in [0.3, 0.4) is 0 Å². The van der Waals surface area contributed by atoms with E-state index in [2.05, 4.69) is 49.1 Å². The summed E-state index contributed by atoms with van der Waals surface area (Å²) in [6.45, 7) is 3.12. The van der Waals surface area contributed by atoms with Crippen LogP contribution in [0.15, 0.2) is 22.8 Å². The molecule has 0 aliphatic heterocycles. The largest absolute Gasteiger partial charge is 0.369 e. The summed E-state index contributed by atoms with van der Waals surface area (Å²) >= 11 is 7.04. The van der Waals surface area contributed by atoms with Gasteiger partial charge in [0, 0.05) is 17.6 Å². The molecule has 1 aromatic rings. The van der Waals surface area contributed by atoms with E-state index in [4.69, 9.17) is 0 Å². The van der Waals surface area contributed by atoms with Gasteiger partial charge < -0.3 is 5.32 Å². The number of pyridine rings is 1. The van der Waals surface area contributed by atoms with E-state index in [0.717, 1.165) is 29.7 Å². The Kier molecular flexibility index (Phi) is 5.48. The average Bonchev–Trinajstić information content (AvgIpc) is 2.20. The molecular weight excluding hydrogens is 308 g/mol. The number of anilines is 1. The summed E-state index contributed by atoms with van der Waals surface area (Å²) in [5.74, 6) is 0.920. The Morgan fingerprint density at radius 3 is 3.00 bits per heavy atom. The number of nitrogens with one attached hydrogen (secondary N) is 1. The fourth-order valence-electron chi connectivity index (χ4n) is 1.07. The van der Waals surface area contributed by atoms with E-state index in [0.29, 0.717) is 4.83 Å². The maximum absolute atomic E-state index is 4.23. The second-order valence-electron chi connectivity index (χ2n) is 3.05. The molecule has 2 nitrogen and oxygen atoms in total. The van der Waals surface area contributed by atoms with Gasteiger partial charge in [0.25, 0.3) is 0 Å². The van der Waals surface area contributed by atoms with Crippen molar-refractivity contribution in [1.29, 1.82) is 0 Å². The first kappa shape index (κ1) is 12.0. The maximum Gasteiger partial charge on any atom is 0.140 e. The van der Waals surface area contributed by atoms with E-state index in [-0.39, 0.29) is 0 Å². The number of halogens is 2. The summed E-state index contributed by atoms with van der Waals surface area (Å²) < 4.78 is 1.02. The Hall–Kier alpha value is -0.0900. The third-order valence-corrected chi connectivity index (χ3v) is 3.70. The van der Waals surface area contributed by atoms with Crippen LogP contribution >= 0.6 is 31.9 Å². The molecule has 1 atom stereocenters. The lowest BCUT2D eigenvalue weighted by Crippen LogP contribution is -2.08. The van der Waals surface area contributed by atoms with Gasteiger partial charge >= 0.3 is 0 Å². The minimum absolute atomic E-state index is 0.595. The van der Waals surface area contributed by atoms with Gasteiger partial charge in [0.1, 0.15) is 5.82 Å². The Labute approximate surface area is 102 Å². The third-order valence-electron chi connectivity index (χ3n) is 1.95. The van der Waals surface area contributed by atoms with Crippen molar-refractivity contribution in [3.8, 4) is 0 Å². The first-order chi connectivity index (χ1) is 6.74. The number of alkyl halides is 1. The van der Waals surface area contributed by atoms with E-state index in [9.17, 15) is 0 Å². The summed E-state index contributed by atoms with van der Waals surface area (Å²) in [7, 11) is 0. The van der Waals surface area contributed by atoms with Crippen molar-refractivity contribution >= 4 is 37.7 Å². The van der Waals surface area contributed by atoms with Gasteiger partial charge in [-0.3, -0.25) is 0 Å². The predicted octanol–water partition coefficient (Wildman–Crippen LogP) is 3.82. The lowest BCUT2D eigenvalue weighted by molar-refractivity contribution is 0.772. The molecule has 0 bridgehead atoms. The van der Waals surface area contributed by atoms with Crippen molar-refractivity contribution in [3.05, 3.63) is 22.8 Å². The molecule has 0 aliphatic carbocycles. The van der Waals surface area contributed by atoms with E-state index in [1.807, 2.05) is 12.1 Å². The van der Waals surface area contributed by atoms with Gasteiger partial charge in [0.2, 0.25) is 0 Å². The van der Waals surface area contributed by atoms with Crippen molar-refractivity contribution in [3.63, 3.8) is 0 Å². The molecule has 0 fully saturated rings. The van der Waals surface area contributed by atoms with Crippen LogP contribution in [0, 0.1) is 0 Å². The molecule has 0 aliphatic rings. The lowest BCUT2D eigenvalue weighted by atomic mass is 10.2. The summed E-state index contributed by atoms with van der Waals surface area (Å²) in [6, 6.07) is 3.90. The van der Waals surface area contributed by atoms with Crippen molar-refractivity contribution in [2.75, 3.05) is 11.9 Å². The van der Waals surface area contributed by atoms with Gasteiger partial charge in [-0.1, -0.05) is 22.9 Å². The highest BCUT2D eigenvalue weighted by Gasteiger charge is 2.02. The minimum atomic E-state index is 0.595. The van der Waals surface area contributed by atoms with Crippen LogP contribution in [-0.2, 0) is 0 Å². The third kappa shape index (κ3) is 3.96. The second-order valence-corrected chi connectivity index (χ2v) is 5.20. The molecule has 0 aromatic carbocycles. The van der Waals surface area contributed by atoms with E-state index >= 15 is 0 Å². The van der Waals surface area contributed by atoms with Gasteiger partial charge in [0.15, 0.2) is 0 Å². The summed E-state index contributed by atoms with van der Waals surface area (Å²) in [6.07, 6.45) is 4.06. The van der Waals surface area contributed by atoms with E-state index in [1.165, 1.54) is 0 Å². The van der Waals surface area contributed by atoms with Crippen LogP contribution in [0.5, 0.6) is 0 Å². The molecular formula is C10H14Br2N2. The second kappa shape index (κ2) is 6.40. The van der Waals surface area contributed by atoms with Gasteiger partial charge in [-0.2, -0.15) is 0 Å². The smallest absolute Gasteiger partial charge is 0.140 e. The Balaban J connectivity index is 2.35. The molecule has 14 heavy (non-hydrogen) atoms. The molecule has 0 saturated carbocycles. The number of hydrogen-bond acceptors (Lipinski definition) is 2. The van der Waals surface area contributed by atoms with E-state index in [1.54, 1.807) is 6.20 Å². The average molecular weight is 322 g/mol. The standard InChI is InChI=1S/C10H14Br2N2/c1-2-8(11)5-7-14-10-9(12)4-3-6-13-10/h3-4,6,8H,2,5,7H2,1H3,(H,13,14). The number of aromatic nitrogens is 1. The highest BCUT2D eigenvalue weighted by molar-refractivity contribution is 9.10. The summed E-state index contributed by atoms with van der Waals surface area (Å²) in [5.41, 5.74) is 0. The fraction of sp³-hybridized carbons (Fsp3) is 0.500. The molecule has 0 radical (unpaired) electrons. The quantitative estimate of drug-likeness (QED) is 0.834. The summed E-state index contributed by atoms with van der Waals surface area (Å²) in [4.78, 5) is 4.82. The molecule has 1 heterocycles. The molecule has 78 valence electrons. The topological polar surface area (TPSA) is 24.9 Å². The highest BCUT2D eigenvalue weighted by atomic mass is 79.9. The van der Waals surface area contributed by atoms with Gasteiger partial charge in [-0.05, 0) is 40.9 Å². The van der Waals surface area contributed by atoms with Crippen LogP contribution in [0.1, 0.15) is 19.8 Å². The summed E-state index contributed by atoms with van der Waals surface area (Å²) in [5, 5.41) is 3.29. The Bertz CT molecular complexity index is 279. The van der Waals surface area contributed by atoms with Crippen molar-refractivity contribution in [2.45, 2.75) is 24.6 Å². The molecule has 0 spiro atoms. The van der Waals surface area contributed by atoms with Crippen LogP contribution in [0.25, 0.3) is 0 Å². The van der Waals surface area contributed by atoms with Gasteiger partial charge in [0.05, 0.1) is 4.47 Å². The molecule has 1 N–H and O–H groups in total. The number of rotatable bonds is 5. The first-order valence-corrected chi connectivity index (χ1v) is 6.43. The van der Waals surface area contributed by atoms with Gasteiger partial charge in [-0.25, -0.2) is 4.98 Å². The van der Waals surface area contributed by atoms with Crippen LogP contribution in [-0.4, -0.2) is 16.4 Å². The molecule has 0 amide bonds. The zero-order valence-corrected chi connectivity index (χ0v) is 11.3. The van der Waals surface area contributed by atoms with Gasteiger partial charge in [-0.15, -0.1) is 0 Å². The molecule has 0 saturated heterocycles. The van der Waals surface area contributed by atoms with Crippen LogP contribution in [0.2, 0.25) is 0 Å². The SMILES string of the molecule is CCC(Br)CCNc1ncccc1Br. The van der Waals surface area contributed by atoms with Crippen molar-refractivity contribution in [1.82, 2.24) is 4.98 Å². The Morgan fingerprint density at radius 1 is 1.57 bits per heavy atom. The van der Waals surface area contributed by atoms with E-state index < -0.39 is 0 Å². The molecule has 1 rings (SSSR count). The van der Waals surface area contributed by atoms with Crippen LogP contribution < -0.4 is 5.32 Å². The highest BCUT2D eigenvalue weighted by Crippen LogP contribution is 2.18. The molecule has 1 unspecified atom stereocenters. The van der Waals surface area contributed by atoms with Crippen LogP contribution in [0.4, 0.5) is 5.82 Å².